The van der Waals surface area contributed by atoms with Gasteiger partial charge in [-0.3, -0.25) is 0 Å². The zero-order valence-electron chi connectivity index (χ0n) is 29.3. The van der Waals surface area contributed by atoms with E-state index < -0.39 is 0 Å². The molecule has 0 N–H and O–H groups in total. The molecule has 0 atom stereocenters. The van der Waals surface area contributed by atoms with Crippen molar-refractivity contribution in [3.8, 4) is 0 Å². The van der Waals surface area contributed by atoms with Gasteiger partial charge in [0.1, 0.15) is 16.9 Å². The summed E-state index contributed by atoms with van der Waals surface area (Å²) in [6.07, 6.45) is 2.03. The summed E-state index contributed by atoms with van der Waals surface area (Å²) in [4.78, 5) is 36.7. The van der Waals surface area contributed by atoms with E-state index in [1.165, 1.54) is 11.5 Å². The van der Waals surface area contributed by atoms with E-state index in [0.29, 0.717) is 64.5 Å². The number of methoxy groups -OCH3 is 5. The number of rotatable bonds is 18. The fourth-order valence-electron chi connectivity index (χ4n) is 5.94. The third kappa shape index (κ3) is 8.87. The second-order valence-electron chi connectivity index (χ2n) is 11.9. The summed E-state index contributed by atoms with van der Waals surface area (Å²) >= 11 is 1.44. The number of nitrogens with zero attached hydrogens (tertiary/aromatic N) is 11. The number of aromatic nitrogens is 6. The molecule has 17 heteroatoms. The maximum absolute atomic E-state index is 5.71. The first-order valence-electron chi connectivity index (χ1n) is 16.6. The molecule has 0 radical (unpaired) electrons. The number of hydrogen-bond donors (Lipinski definition) is 0. The van der Waals surface area contributed by atoms with Crippen molar-refractivity contribution in [1.29, 1.82) is 0 Å². The highest BCUT2D eigenvalue weighted by molar-refractivity contribution is 7.09. The first-order valence-corrected chi connectivity index (χ1v) is 17.4. The van der Waals surface area contributed by atoms with Gasteiger partial charge in [0, 0.05) is 113 Å². The summed E-state index contributed by atoms with van der Waals surface area (Å²) in [5, 5.41) is 0.948. The standard InChI is InChI=1S/C31H51N11O5S/c1-23-32-31(48-37-23)42-13-11-39(12-14-42)28-26-25(33-30(36-28)41(17-21-45-4)18-22-46-5)27(38-9-7-24(47-6)8-10-38)35-29(34-26)40(15-19-43-2)16-20-44-3/h24H,7-22H2,1-6H3. The molecule has 0 amide bonds. The van der Waals surface area contributed by atoms with Crippen LogP contribution in [0.3, 0.4) is 0 Å². The molecule has 2 aliphatic heterocycles. The van der Waals surface area contributed by atoms with E-state index in [-0.39, 0.29) is 6.10 Å². The molecule has 0 saturated carbocycles. The molecule has 266 valence electrons. The smallest absolute Gasteiger partial charge is 0.228 e. The van der Waals surface area contributed by atoms with Crippen molar-refractivity contribution in [3.63, 3.8) is 0 Å². The number of piperidine rings is 1. The first-order chi connectivity index (χ1) is 23.5. The average Bonchev–Trinajstić information content (AvgIpc) is 3.57. The highest BCUT2D eigenvalue weighted by Crippen LogP contribution is 2.35. The number of piperazine rings is 1. The van der Waals surface area contributed by atoms with Crippen LogP contribution >= 0.6 is 11.5 Å². The minimum Gasteiger partial charge on any atom is -0.383 e. The highest BCUT2D eigenvalue weighted by atomic mass is 32.1. The maximum Gasteiger partial charge on any atom is 0.228 e. The number of aryl methyl sites for hydroxylation is 1. The van der Waals surface area contributed by atoms with E-state index in [4.69, 9.17) is 43.6 Å². The maximum atomic E-state index is 5.71. The van der Waals surface area contributed by atoms with Crippen molar-refractivity contribution in [2.45, 2.75) is 25.9 Å². The third-order valence-corrected chi connectivity index (χ3v) is 9.62. The number of ether oxygens (including phenoxy) is 5. The average molecular weight is 690 g/mol. The van der Waals surface area contributed by atoms with Crippen molar-refractivity contribution in [2.75, 3.05) is 152 Å². The molecule has 5 heterocycles. The zero-order valence-corrected chi connectivity index (χ0v) is 30.1. The summed E-state index contributed by atoms with van der Waals surface area (Å²) in [5.41, 5.74) is 1.46. The largest absolute Gasteiger partial charge is 0.383 e. The molecule has 16 nitrogen and oxygen atoms in total. The van der Waals surface area contributed by atoms with Gasteiger partial charge in [0.05, 0.1) is 32.5 Å². The second-order valence-corrected chi connectivity index (χ2v) is 12.6. The molecule has 2 aliphatic rings. The van der Waals surface area contributed by atoms with Gasteiger partial charge in [-0.05, 0) is 19.8 Å². The van der Waals surface area contributed by atoms with Gasteiger partial charge in [-0.2, -0.15) is 14.3 Å². The van der Waals surface area contributed by atoms with Crippen LogP contribution in [-0.2, 0) is 23.7 Å². The summed E-state index contributed by atoms with van der Waals surface area (Å²) in [7, 11) is 8.60. The number of fused-ring (bicyclic) bond motifs is 1. The lowest BCUT2D eigenvalue weighted by Crippen LogP contribution is -2.47. The molecule has 0 aromatic carbocycles. The van der Waals surface area contributed by atoms with Crippen molar-refractivity contribution >= 4 is 51.2 Å². The summed E-state index contributed by atoms with van der Waals surface area (Å²) in [6.45, 7) is 11.2. The van der Waals surface area contributed by atoms with Crippen LogP contribution in [0, 0.1) is 6.92 Å². The topological polar surface area (TPSA) is 140 Å². The minimum atomic E-state index is 0.223. The molecule has 3 aromatic rings. The summed E-state index contributed by atoms with van der Waals surface area (Å²) in [5.74, 6) is 3.60. The van der Waals surface area contributed by atoms with Crippen molar-refractivity contribution < 1.29 is 23.7 Å². The monoisotopic (exact) mass is 689 g/mol. The minimum absolute atomic E-state index is 0.223. The summed E-state index contributed by atoms with van der Waals surface area (Å²) < 4.78 is 32.0. The molecule has 48 heavy (non-hydrogen) atoms. The first kappa shape index (κ1) is 36.1. The Bertz CT molecular complexity index is 1400. The number of anilines is 5. The van der Waals surface area contributed by atoms with E-state index in [2.05, 4.69) is 33.9 Å². The van der Waals surface area contributed by atoms with Crippen LogP contribution in [0.1, 0.15) is 18.7 Å². The van der Waals surface area contributed by atoms with Crippen LogP contribution in [0.25, 0.3) is 11.0 Å². The van der Waals surface area contributed by atoms with Crippen molar-refractivity contribution in [1.82, 2.24) is 29.3 Å². The van der Waals surface area contributed by atoms with Gasteiger partial charge in [0.25, 0.3) is 0 Å². The summed E-state index contributed by atoms with van der Waals surface area (Å²) in [6, 6.07) is 0. The van der Waals surface area contributed by atoms with Gasteiger partial charge in [0.2, 0.25) is 17.0 Å². The molecule has 2 fully saturated rings. The Morgan fingerprint density at radius 1 is 0.604 bits per heavy atom. The van der Waals surface area contributed by atoms with E-state index in [1.807, 2.05) is 6.92 Å². The fraction of sp³-hybridized carbons (Fsp3) is 0.742. The Kier molecular flexibility index (Phi) is 13.5. The third-order valence-electron chi connectivity index (χ3n) is 8.75. The lowest BCUT2D eigenvalue weighted by atomic mass is 10.1. The van der Waals surface area contributed by atoms with E-state index in [9.17, 15) is 0 Å². The molecular formula is C31H51N11O5S. The lowest BCUT2D eigenvalue weighted by molar-refractivity contribution is 0.0818. The molecule has 5 rings (SSSR count). The Morgan fingerprint density at radius 3 is 1.44 bits per heavy atom. The lowest BCUT2D eigenvalue weighted by Gasteiger charge is -2.36. The van der Waals surface area contributed by atoms with Gasteiger partial charge in [-0.1, -0.05) is 0 Å². The van der Waals surface area contributed by atoms with Gasteiger partial charge < -0.3 is 48.2 Å². The quantitative estimate of drug-likeness (QED) is 0.191. The Balaban J connectivity index is 1.64. The zero-order chi connectivity index (χ0) is 33.9. The Labute approximate surface area is 287 Å². The Hall–Kier alpha value is -3.22. The molecular weight excluding hydrogens is 638 g/mol. The predicted octanol–water partition coefficient (Wildman–Crippen LogP) is 1.72. The van der Waals surface area contributed by atoms with Crippen LogP contribution in [0.2, 0.25) is 0 Å². The SMILES string of the molecule is COCCN(CCOC)c1nc(N2CCN(c3nc(C)ns3)CC2)c2nc(N(CCOC)CCOC)nc(N3CCC(OC)CC3)c2n1. The van der Waals surface area contributed by atoms with Crippen LogP contribution < -0.4 is 24.5 Å². The molecule has 0 bridgehead atoms. The van der Waals surface area contributed by atoms with Crippen LogP contribution in [-0.4, -0.2) is 163 Å². The predicted molar refractivity (Wildman–Crippen MR) is 188 cm³/mol. The molecule has 0 unspecified atom stereocenters. The van der Waals surface area contributed by atoms with Crippen LogP contribution in [0.5, 0.6) is 0 Å². The molecule has 2 saturated heterocycles. The van der Waals surface area contributed by atoms with Crippen molar-refractivity contribution in [2.24, 2.45) is 0 Å². The molecule has 3 aromatic heterocycles. The van der Waals surface area contributed by atoms with Crippen LogP contribution in [0.4, 0.5) is 28.7 Å². The molecule has 0 aliphatic carbocycles. The van der Waals surface area contributed by atoms with Gasteiger partial charge >= 0.3 is 0 Å². The fourth-order valence-corrected chi connectivity index (χ4v) is 6.67. The normalized spacial score (nSPS) is 15.9. The van der Waals surface area contributed by atoms with Gasteiger partial charge in [0.15, 0.2) is 11.6 Å². The second kappa shape index (κ2) is 18.0. The molecule has 0 spiro atoms. The van der Waals surface area contributed by atoms with E-state index in [0.717, 1.165) is 85.7 Å². The highest BCUT2D eigenvalue weighted by Gasteiger charge is 2.30. The van der Waals surface area contributed by atoms with Gasteiger partial charge in [-0.25, -0.2) is 15.0 Å². The van der Waals surface area contributed by atoms with E-state index in [1.54, 1.807) is 35.5 Å². The van der Waals surface area contributed by atoms with Crippen molar-refractivity contribution in [3.05, 3.63) is 5.82 Å². The Morgan fingerprint density at radius 2 is 1.04 bits per heavy atom. The van der Waals surface area contributed by atoms with Crippen LogP contribution in [0.15, 0.2) is 0 Å². The van der Waals surface area contributed by atoms with Gasteiger partial charge in [-0.15, -0.1) is 0 Å². The van der Waals surface area contributed by atoms with E-state index >= 15 is 0 Å². The number of hydrogen-bond acceptors (Lipinski definition) is 17.